The van der Waals surface area contributed by atoms with Crippen LogP contribution < -0.4 is 10.1 Å². The number of hydrogen-bond donors (Lipinski definition) is 3. The monoisotopic (exact) mass is 503 g/mol. The van der Waals surface area contributed by atoms with E-state index in [9.17, 15) is 23.9 Å². The van der Waals surface area contributed by atoms with Gasteiger partial charge in [-0.1, -0.05) is 6.92 Å². The maximum absolute atomic E-state index is 13.3. The van der Waals surface area contributed by atoms with Crippen LogP contribution >= 0.6 is 0 Å². The molecular formula is C21H25N7O6S. The highest BCUT2D eigenvalue weighted by Crippen LogP contribution is 2.33. The molecule has 1 aliphatic rings. The molecule has 3 heterocycles. The van der Waals surface area contributed by atoms with Crippen LogP contribution in [0.15, 0.2) is 35.7 Å². The lowest BCUT2D eigenvalue weighted by molar-refractivity contribution is -0.0384. The van der Waals surface area contributed by atoms with Gasteiger partial charge in [0.1, 0.15) is 42.0 Å². The van der Waals surface area contributed by atoms with Gasteiger partial charge in [0, 0.05) is 20.1 Å². The molecule has 0 aliphatic carbocycles. The molecule has 0 amide bonds. The summed E-state index contributed by atoms with van der Waals surface area (Å²) < 4.78 is 40.2. The smallest absolute Gasteiger partial charge is 0.243 e. The number of anilines is 1. The topological polar surface area (TPSA) is 176 Å². The number of aliphatic hydroxyl groups excluding tert-OH is 2. The first-order chi connectivity index (χ1) is 16.8. The average molecular weight is 504 g/mol. The average Bonchev–Trinajstić information content (AvgIpc) is 3.42. The number of aromatic nitrogens is 4. The van der Waals surface area contributed by atoms with Crippen LogP contribution in [0.25, 0.3) is 11.2 Å². The third-order valence-electron chi connectivity index (χ3n) is 5.87. The molecule has 3 aromatic rings. The van der Waals surface area contributed by atoms with E-state index in [-0.39, 0.29) is 29.3 Å². The van der Waals surface area contributed by atoms with Crippen molar-refractivity contribution in [3.63, 3.8) is 0 Å². The van der Waals surface area contributed by atoms with Gasteiger partial charge in [0.25, 0.3) is 0 Å². The lowest BCUT2D eigenvalue weighted by atomic mass is 10.1. The number of methoxy groups -OCH3 is 1. The number of nitriles is 1. The molecule has 1 aromatic carbocycles. The van der Waals surface area contributed by atoms with Gasteiger partial charge < -0.3 is 25.0 Å². The minimum atomic E-state index is -4.05. The summed E-state index contributed by atoms with van der Waals surface area (Å²) >= 11 is 0. The lowest BCUT2D eigenvalue weighted by Crippen LogP contribution is -2.42. The summed E-state index contributed by atoms with van der Waals surface area (Å²) in [6.45, 7) is 1.47. The molecule has 1 fully saturated rings. The summed E-state index contributed by atoms with van der Waals surface area (Å²) in [6.07, 6.45) is -2.08. The first-order valence-electron chi connectivity index (χ1n) is 10.7. The molecular weight excluding hydrogens is 478 g/mol. The number of nitrogens with one attached hydrogen (secondary N) is 1. The second kappa shape index (κ2) is 9.72. The molecule has 4 atom stereocenters. The third-order valence-corrected chi connectivity index (χ3v) is 7.81. The number of nitrogens with zero attached hydrogens (tertiary/aromatic N) is 6. The van der Waals surface area contributed by atoms with Crippen molar-refractivity contribution >= 4 is 27.0 Å². The zero-order valence-corrected chi connectivity index (χ0v) is 20.0. The molecule has 1 saturated heterocycles. The third kappa shape index (κ3) is 4.28. The second-order valence-corrected chi connectivity index (χ2v) is 9.71. The molecule has 0 bridgehead atoms. The molecule has 14 heteroatoms. The van der Waals surface area contributed by atoms with Crippen molar-refractivity contribution in [2.24, 2.45) is 0 Å². The number of benzene rings is 1. The number of rotatable bonds is 8. The SMILES string of the molecule is CCN(C[C@H]1O[C@@H](n2cnc3c(NC)ncnc32)[C@H](O)[C@@H]1O)S(=O)(=O)c1ccc(OC)c(C#N)c1. The van der Waals surface area contributed by atoms with Crippen LogP contribution in [0.4, 0.5) is 5.82 Å². The highest BCUT2D eigenvalue weighted by Gasteiger charge is 2.46. The molecule has 0 unspecified atom stereocenters. The van der Waals surface area contributed by atoms with Crippen molar-refractivity contribution in [1.82, 2.24) is 23.8 Å². The Balaban J connectivity index is 1.60. The van der Waals surface area contributed by atoms with Crippen molar-refractivity contribution in [3.8, 4) is 11.8 Å². The number of likely N-dealkylation sites (N-methyl/N-ethyl adjacent to an activating group) is 1. The highest BCUT2D eigenvalue weighted by molar-refractivity contribution is 7.89. The first kappa shape index (κ1) is 24.8. The summed E-state index contributed by atoms with van der Waals surface area (Å²) in [5, 5.41) is 33.6. The van der Waals surface area contributed by atoms with Gasteiger partial charge in [-0.05, 0) is 18.2 Å². The van der Waals surface area contributed by atoms with Crippen LogP contribution in [0.2, 0.25) is 0 Å². The number of imidazole rings is 1. The van der Waals surface area contributed by atoms with Crippen molar-refractivity contribution < 1.29 is 28.1 Å². The minimum Gasteiger partial charge on any atom is -0.495 e. The second-order valence-electron chi connectivity index (χ2n) is 7.77. The zero-order valence-electron chi connectivity index (χ0n) is 19.2. The molecule has 186 valence electrons. The molecule has 0 radical (unpaired) electrons. The van der Waals surface area contributed by atoms with E-state index < -0.39 is 34.6 Å². The number of aliphatic hydroxyl groups is 2. The van der Waals surface area contributed by atoms with Crippen LogP contribution in [-0.4, -0.2) is 88.0 Å². The predicted molar refractivity (Wildman–Crippen MR) is 123 cm³/mol. The van der Waals surface area contributed by atoms with Crippen molar-refractivity contribution in [3.05, 3.63) is 36.4 Å². The predicted octanol–water partition coefficient (Wildman–Crippen LogP) is 0.0783. The summed E-state index contributed by atoms with van der Waals surface area (Å²) in [5.74, 6) is 0.741. The normalized spacial score (nSPS) is 22.4. The van der Waals surface area contributed by atoms with Gasteiger partial charge in [0.2, 0.25) is 10.0 Å². The standard InChI is InChI=1S/C21H25N7O6S/c1-4-27(35(31,32)13-5-6-14(33-3)12(7-13)8-22)9-15-17(29)18(30)21(34-15)28-11-26-16-19(23-2)24-10-25-20(16)28/h5-7,10-11,15,17-18,21,29-30H,4,9H2,1-3H3,(H,23,24,25)/t15-,17-,18-,21-/m1/s1. The van der Waals surface area contributed by atoms with Gasteiger partial charge in [-0.25, -0.2) is 23.4 Å². The van der Waals surface area contributed by atoms with Gasteiger partial charge >= 0.3 is 0 Å². The van der Waals surface area contributed by atoms with E-state index in [1.807, 2.05) is 6.07 Å². The maximum Gasteiger partial charge on any atom is 0.243 e. The van der Waals surface area contributed by atoms with E-state index in [0.717, 1.165) is 4.31 Å². The molecule has 1 aliphatic heterocycles. The number of ether oxygens (including phenoxy) is 2. The Bertz CT molecular complexity index is 1370. The fourth-order valence-electron chi connectivity index (χ4n) is 4.01. The summed E-state index contributed by atoms with van der Waals surface area (Å²) in [5.41, 5.74) is 0.907. The lowest BCUT2D eigenvalue weighted by Gasteiger charge is -2.25. The zero-order chi connectivity index (χ0) is 25.3. The van der Waals surface area contributed by atoms with Crippen molar-refractivity contribution in [2.75, 3.05) is 32.6 Å². The van der Waals surface area contributed by atoms with E-state index >= 15 is 0 Å². The Morgan fingerprint density at radius 3 is 2.71 bits per heavy atom. The molecule has 0 saturated carbocycles. The number of hydrogen-bond acceptors (Lipinski definition) is 11. The first-order valence-corrected chi connectivity index (χ1v) is 12.2. The Kier molecular flexibility index (Phi) is 6.88. The van der Waals surface area contributed by atoms with E-state index in [0.29, 0.717) is 17.0 Å². The summed E-state index contributed by atoms with van der Waals surface area (Å²) in [7, 11) is -0.975. The van der Waals surface area contributed by atoms with Crippen LogP contribution in [0.3, 0.4) is 0 Å². The van der Waals surface area contributed by atoms with E-state index in [1.165, 1.54) is 42.5 Å². The molecule has 13 nitrogen and oxygen atoms in total. The fourth-order valence-corrected chi connectivity index (χ4v) is 5.50. The van der Waals surface area contributed by atoms with E-state index in [4.69, 9.17) is 9.47 Å². The van der Waals surface area contributed by atoms with E-state index in [1.54, 1.807) is 14.0 Å². The molecule has 0 spiro atoms. The molecule has 3 N–H and O–H groups in total. The molecule has 2 aromatic heterocycles. The Morgan fingerprint density at radius 1 is 1.29 bits per heavy atom. The number of sulfonamides is 1. The van der Waals surface area contributed by atoms with Crippen LogP contribution in [0.5, 0.6) is 5.75 Å². The van der Waals surface area contributed by atoms with Crippen LogP contribution in [0.1, 0.15) is 18.7 Å². The van der Waals surface area contributed by atoms with Crippen molar-refractivity contribution in [1.29, 1.82) is 5.26 Å². The van der Waals surface area contributed by atoms with Crippen LogP contribution in [0, 0.1) is 11.3 Å². The largest absolute Gasteiger partial charge is 0.495 e. The number of fused-ring (bicyclic) bond motifs is 1. The van der Waals surface area contributed by atoms with Gasteiger partial charge in [-0.3, -0.25) is 4.57 Å². The Labute approximate surface area is 201 Å². The quantitative estimate of drug-likeness (QED) is 0.379. The van der Waals surface area contributed by atoms with Gasteiger partial charge in [-0.15, -0.1) is 0 Å². The van der Waals surface area contributed by atoms with Crippen molar-refractivity contribution in [2.45, 2.75) is 36.4 Å². The van der Waals surface area contributed by atoms with Gasteiger partial charge in [-0.2, -0.15) is 9.57 Å². The molecule has 35 heavy (non-hydrogen) atoms. The maximum atomic E-state index is 13.3. The Morgan fingerprint density at radius 2 is 2.06 bits per heavy atom. The summed E-state index contributed by atoms with van der Waals surface area (Å²) in [4.78, 5) is 12.5. The highest BCUT2D eigenvalue weighted by atomic mass is 32.2. The fraction of sp³-hybridized carbons (Fsp3) is 0.429. The summed E-state index contributed by atoms with van der Waals surface area (Å²) in [6, 6.07) is 5.90. The van der Waals surface area contributed by atoms with E-state index in [2.05, 4.69) is 20.3 Å². The van der Waals surface area contributed by atoms with Gasteiger partial charge in [0.05, 0.1) is 23.9 Å². The molecule has 4 rings (SSSR count). The van der Waals surface area contributed by atoms with Crippen LogP contribution in [-0.2, 0) is 14.8 Å². The van der Waals surface area contributed by atoms with Gasteiger partial charge in [0.15, 0.2) is 17.7 Å². The minimum absolute atomic E-state index is 0.0658. The Hall–Kier alpha value is -3.35.